The average molecular weight is 412 g/mol. The van der Waals surface area contributed by atoms with Crippen molar-refractivity contribution < 1.29 is 4.79 Å². The summed E-state index contributed by atoms with van der Waals surface area (Å²) in [5.74, 6) is 0.633. The number of nitrogens with one attached hydrogen (secondary N) is 1. The molecule has 0 atom stereocenters. The lowest BCUT2D eigenvalue weighted by Crippen LogP contribution is -2.47. The Labute approximate surface area is 180 Å². The van der Waals surface area contributed by atoms with Crippen molar-refractivity contribution in [3.63, 3.8) is 0 Å². The first kappa shape index (κ1) is 19.3. The summed E-state index contributed by atoms with van der Waals surface area (Å²) in [6, 6.07) is 23.5. The zero-order chi connectivity index (χ0) is 21.2. The summed E-state index contributed by atoms with van der Waals surface area (Å²) in [6.45, 7) is 3.37. The lowest BCUT2D eigenvalue weighted by molar-refractivity contribution is 0.0664. The van der Waals surface area contributed by atoms with Crippen LogP contribution in [0, 0.1) is 0 Å². The van der Waals surface area contributed by atoms with Crippen LogP contribution in [0.4, 0.5) is 11.6 Å². The van der Waals surface area contributed by atoms with Crippen molar-refractivity contribution in [3.8, 4) is 11.3 Å². The van der Waals surface area contributed by atoms with E-state index in [1.807, 2.05) is 82.2 Å². The lowest BCUT2D eigenvalue weighted by atomic mass is 10.1. The first-order chi connectivity index (χ1) is 15.2. The van der Waals surface area contributed by atoms with E-state index in [9.17, 15) is 4.79 Å². The number of benzene rings is 2. The van der Waals surface area contributed by atoms with Gasteiger partial charge < -0.3 is 15.1 Å². The average Bonchev–Trinajstić information content (AvgIpc) is 3.22. The summed E-state index contributed by atoms with van der Waals surface area (Å²) in [5.41, 5.74) is 4.31. The fraction of sp³-hybridized carbons (Fsp3) is 0.208. The molecule has 0 unspecified atom stereocenters. The monoisotopic (exact) mass is 412 g/mol. The highest BCUT2D eigenvalue weighted by Gasteiger charge is 2.20. The maximum Gasteiger partial charge on any atom is 0.253 e. The molecule has 1 N–H and O–H groups in total. The van der Waals surface area contributed by atoms with E-state index in [0.717, 1.165) is 48.8 Å². The van der Waals surface area contributed by atoms with Crippen molar-refractivity contribution in [3.05, 3.63) is 78.4 Å². The van der Waals surface area contributed by atoms with Gasteiger partial charge in [0.05, 0.1) is 5.69 Å². The Morgan fingerprint density at radius 3 is 2.35 bits per heavy atom. The van der Waals surface area contributed by atoms with Crippen molar-refractivity contribution in [1.29, 1.82) is 0 Å². The van der Waals surface area contributed by atoms with Crippen LogP contribution < -0.4 is 5.32 Å². The number of nitrogens with zero attached hydrogens (tertiary/aromatic N) is 5. The second kappa shape index (κ2) is 8.20. The van der Waals surface area contributed by atoms with Gasteiger partial charge >= 0.3 is 0 Å². The van der Waals surface area contributed by atoms with Crippen molar-refractivity contribution >= 4 is 23.2 Å². The Hall–Kier alpha value is -3.71. The third-order valence-corrected chi connectivity index (χ3v) is 5.61. The van der Waals surface area contributed by atoms with Crippen molar-refractivity contribution in [2.75, 3.05) is 38.5 Å². The molecule has 0 bridgehead atoms. The molecule has 0 saturated carbocycles. The van der Waals surface area contributed by atoms with Gasteiger partial charge in [0.1, 0.15) is 0 Å². The molecule has 1 amide bonds. The fourth-order valence-corrected chi connectivity index (χ4v) is 3.80. The minimum Gasteiger partial charge on any atom is -0.336 e. The molecule has 0 spiro atoms. The van der Waals surface area contributed by atoms with Crippen LogP contribution in [0.3, 0.4) is 0 Å². The summed E-state index contributed by atoms with van der Waals surface area (Å²) >= 11 is 0. The van der Waals surface area contributed by atoms with Crippen LogP contribution in [0.2, 0.25) is 0 Å². The van der Waals surface area contributed by atoms with E-state index in [0.29, 0.717) is 11.5 Å². The molecule has 4 aromatic rings. The number of pyridine rings is 1. The zero-order valence-corrected chi connectivity index (χ0v) is 17.4. The number of aromatic nitrogens is 3. The predicted octanol–water partition coefficient (Wildman–Crippen LogP) is 3.53. The van der Waals surface area contributed by atoms with Gasteiger partial charge in [-0.25, -0.2) is 4.52 Å². The maximum atomic E-state index is 12.8. The normalized spacial score (nSPS) is 14.7. The van der Waals surface area contributed by atoms with Crippen molar-refractivity contribution in [1.82, 2.24) is 24.4 Å². The highest BCUT2D eigenvalue weighted by atomic mass is 16.2. The molecule has 156 valence electrons. The Kier molecular flexibility index (Phi) is 5.09. The molecule has 1 aliphatic rings. The number of anilines is 2. The molecule has 7 heteroatoms. The van der Waals surface area contributed by atoms with Gasteiger partial charge in [0.15, 0.2) is 5.65 Å². The second-order valence-electron chi connectivity index (χ2n) is 7.78. The Bertz CT molecular complexity index is 1190. The molecule has 7 nitrogen and oxygen atoms in total. The largest absolute Gasteiger partial charge is 0.336 e. The van der Waals surface area contributed by atoms with E-state index >= 15 is 0 Å². The third kappa shape index (κ3) is 4.00. The molecule has 31 heavy (non-hydrogen) atoms. The van der Waals surface area contributed by atoms with E-state index in [1.54, 1.807) is 0 Å². The number of amides is 1. The molecular weight excluding hydrogens is 388 g/mol. The predicted molar refractivity (Wildman–Crippen MR) is 122 cm³/mol. The van der Waals surface area contributed by atoms with Gasteiger partial charge in [-0.15, -0.1) is 5.10 Å². The molecular formula is C24H24N6O. The number of hydrogen-bond donors (Lipinski definition) is 1. The smallest absolute Gasteiger partial charge is 0.253 e. The summed E-state index contributed by atoms with van der Waals surface area (Å²) in [4.78, 5) is 21.6. The van der Waals surface area contributed by atoms with Gasteiger partial charge in [-0.2, -0.15) is 4.98 Å². The highest BCUT2D eigenvalue weighted by molar-refractivity contribution is 5.94. The van der Waals surface area contributed by atoms with E-state index in [1.165, 1.54) is 0 Å². The number of hydrogen-bond acceptors (Lipinski definition) is 5. The number of carbonyl (C=O) groups is 1. The van der Waals surface area contributed by atoms with Crippen LogP contribution in [0.15, 0.2) is 72.8 Å². The molecule has 5 rings (SSSR count). The number of para-hydroxylation sites is 1. The van der Waals surface area contributed by atoms with Crippen LogP contribution in [0.5, 0.6) is 0 Å². The third-order valence-electron chi connectivity index (χ3n) is 5.61. The molecule has 1 fully saturated rings. The highest BCUT2D eigenvalue weighted by Crippen LogP contribution is 2.23. The van der Waals surface area contributed by atoms with Crippen LogP contribution in [-0.2, 0) is 0 Å². The van der Waals surface area contributed by atoms with Gasteiger partial charge in [-0.05, 0) is 43.4 Å². The fourth-order valence-electron chi connectivity index (χ4n) is 3.80. The summed E-state index contributed by atoms with van der Waals surface area (Å²) < 4.78 is 1.82. The van der Waals surface area contributed by atoms with Gasteiger partial charge in [-0.1, -0.05) is 36.4 Å². The van der Waals surface area contributed by atoms with Crippen LogP contribution in [0.25, 0.3) is 16.9 Å². The molecule has 1 saturated heterocycles. The number of carbonyl (C=O) groups excluding carboxylic acids is 1. The number of rotatable bonds is 4. The first-order valence-corrected chi connectivity index (χ1v) is 10.4. The summed E-state index contributed by atoms with van der Waals surface area (Å²) in [7, 11) is 2.09. The molecule has 3 heterocycles. The minimum absolute atomic E-state index is 0.0907. The lowest BCUT2D eigenvalue weighted by Gasteiger charge is -2.32. The number of likely N-dealkylation sites (N-methyl/N-ethyl adjacent to an activating group) is 1. The van der Waals surface area contributed by atoms with E-state index < -0.39 is 0 Å². The van der Waals surface area contributed by atoms with Gasteiger partial charge in [0, 0.05) is 43.0 Å². The van der Waals surface area contributed by atoms with E-state index in [4.69, 9.17) is 0 Å². The molecule has 2 aromatic heterocycles. The summed E-state index contributed by atoms with van der Waals surface area (Å²) in [5, 5.41) is 7.88. The van der Waals surface area contributed by atoms with Crippen LogP contribution in [-0.4, -0.2) is 63.5 Å². The van der Waals surface area contributed by atoms with Crippen LogP contribution in [0.1, 0.15) is 10.4 Å². The minimum atomic E-state index is 0.0907. The summed E-state index contributed by atoms with van der Waals surface area (Å²) in [6.07, 6.45) is 0. The second-order valence-corrected chi connectivity index (χ2v) is 7.78. The van der Waals surface area contributed by atoms with E-state index in [2.05, 4.69) is 27.3 Å². The van der Waals surface area contributed by atoms with E-state index in [-0.39, 0.29) is 5.91 Å². The molecule has 0 radical (unpaired) electrons. The Morgan fingerprint density at radius 1 is 0.871 bits per heavy atom. The van der Waals surface area contributed by atoms with Gasteiger partial charge in [-0.3, -0.25) is 4.79 Å². The van der Waals surface area contributed by atoms with Crippen molar-refractivity contribution in [2.45, 2.75) is 0 Å². The first-order valence-electron chi connectivity index (χ1n) is 10.4. The number of fused-ring (bicyclic) bond motifs is 1. The van der Waals surface area contributed by atoms with Gasteiger partial charge in [0.25, 0.3) is 5.91 Å². The molecule has 2 aromatic carbocycles. The standard InChI is InChI=1S/C24H24N6O/c1-28-14-16-29(17-15-28)23(31)19-12-10-18(11-13-19)21-8-5-9-22-26-24(27-30(21)22)25-20-6-3-2-4-7-20/h2-13H,14-17H2,1H3,(H,25,27). The zero-order valence-electron chi connectivity index (χ0n) is 17.4. The maximum absolute atomic E-state index is 12.8. The van der Waals surface area contributed by atoms with Gasteiger partial charge in [0.2, 0.25) is 5.95 Å². The number of piperazine rings is 1. The van der Waals surface area contributed by atoms with Crippen LogP contribution >= 0.6 is 0 Å². The quantitative estimate of drug-likeness (QED) is 0.556. The SMILES string of the molecule is CN1CCN(C(=O)c2ccc(-c3cccc4nc(Nc5ccccc5)nn34)cc2)CC1. The molecule has 0 aliphatic carbocycles. The molecule has 1 aliphatic heterocycles. The Balaban J connectivity index is 1.39. The van der Waals surface area contributed by atoms with Crippen molar-refractivity contribution in [2.24, 2.45) is 0 Å². The topological polar surface area (TPSA) is 65.8 Å². The Morgan fingerprint density at radius 2 is 1.61 bits per heavy atom.